The van der Waals surface area contributed by atoms with Gasteiger partial charge in [0.2, 0.25) is 17.7 Å². The molecule has 0 aliphatic rings. The fraction of sp³-hybridized carbons (Fsp3) is 0.929. The first-order valence-electron chi connectivity index (χ1n) is 21.0. The first-order valence-corrected chi connectivity index (χ1v) is 21.0. The van der Waals surface area contributed by atoms with Gasteiger partial charge in [0.25, 0.3) is 0 Å². The molecule has 46 heavy (non-hydrogen) atoms. The lowest BCUT2D eigenvalue weighted by Gasteiger charge is -2.19. The Morgan fingerprint density at radius 3 is 0.587 bits per heavy atom. The molecule has 0 aliphatic heterocycles. The van der Waals surface area contributed by atoms with Crippen LogP contribution in [0.5, 0.6) is 0 Å². The Labute approximate surface area is 288 Å². The van der Waals surface area contributed by atoms with Gasteiger partial charge in [0.05, 0.1) is 0 Å². The minimum Gasteiger partial charge on any atom is -0.274 e. The van der Waals surface area contributed by atoms with Crippen molar-refractivity contribution in [2.45, 2.75) is 252 Å². The van der Waals surface area contributed by atoms with Crippen molar-refractivity contribution in [3.05, 3.63) is 0 Å². The van der Waals surface area contributed by atoms with Crippen molar-refractivity contribution in [1.29, 1.82) is 0 Å². The van der Waals surface area contributed by atoms with Gasteiger partial charge in [0.1, 0.15) is 0 Å². The van der Waals surface area contributed by atoms with E-state index in [1.165, 1.54) is 154 Å². The van der Waals surface area contributed by atoms with E-state index >= 15 is 0 Å². The maximum absolute atomic E-state index is 13.2. The summed E-state index contributed by atoms with van der Waals surface area (Å²) in [6.45, 7) is 6.78. The average Bonchev–Trinajstić information content (AvgIpc) is 3.05. The van der Waals surface area contributed by atoms with Crippen LogP contribution in [0.25, 0.3) is 0 Å². The maximum atomic E-state index is 13.2. The van der Waals surface area contributed by atoms with E-state index in [-0.39, 0.29) is 17.7 Å². The highest BCUT2D eigenvalue weighted by Crippen LogP contribution is 2.17. The van der Waals surface area contributed by atoms with Crippen LogP contribution in [-0.2, 0) is 14.4 Å². The van der Waals surface area contributed by atoms with Crippen molar-refractivity contribution in [2.24, 2.45) is 0 Å². The fourth-order valence-electron chi connectivity index (χ4n) is 6.57. The lowest BCUT2D eigenvalue weighted by molar-refractivity contribution is -0.154. The Morgan fingerprint density at radius 2 is 0.413 bits per heavy atom. The van der Waals surface area contributed by atoms with Gasteiger partial charge in [0.15, 0.2) is 0 Å². The second-order valence-corrected chi connectivity index (χ2v) is 14.4. The van der Waals surface area contributed by atoms with Crippen LogP contribution in [0, 0.1) is 0 Å². The van der Waals surface area contributed by atoms with Crippen molar-refractivity contribution in [3.8, 4) is 0 Å². The molecule has 0 rings (SSSR count). The van der Waals surface area contributed by atoms with Crippen LogP contribution in [0.15, 0.2) is 0 Å². The molecule has 272 valence electrons. The molecule has 0 heterocycles. The predicted molar refractivity (Wildman–Crippen MR) is 200 cm³/mol. The molecule has 0 aromatic heterocycles. The number of carbonyl (C=O) groups is 3. The molecule has 4 heteroatoms. The highest BCUT2D eigenvalue weighted by Gasteiger charge is 2.27. The molecular formula is C42H81NO3. The summed E-state index contributed by atoms with van der Waals surface area (Å²) in [6, 6.07) is 0. The second-order valence-electron chi connectivity index (χ2n) is 14.4. The second kappa shape index (κ2) is 36.6. The van der Waals surface area contributed by atoms with E-state index in [2.05, 4.69) is 20.8 Å². The number of hydrogen-bond acceptors (Lipinski definition) is 3. The lowest BCUT2D eigenvalue weighted by Crippen LogP contribution is -2.41. The van der Waals surface area contributed by atoms with E-state index in [0.29, 0.717) is 19.3 Å². The molecule has 3 amide bonds. The topological polar surface area (TPSA) is 54.5 Å². The number of nitrogens with zero attached hydrogens (tertiary/aromatic N) is 1. The number of unbranched alkanes of at least 4 members (excludes halogenated alkanes) is 30. The van der Waals surface area contributed by atoms with E-state index in [0.717, 1.165) is 62.7 Å². The zero-order chi connectivity index (χ0) is 33.8. The molecule has 0 radical (unpaired) electrons. The van der Waals surface area contributed by atoms with Crippen LogP contribution >= 0.6 is 0 Å². The third kappa shape index (κ3) is 30.2. The molecule has 0 unspecified atom stereocenters. The smallest absolute Gasteiger partial charge is 0.236 e. The van der Waals surface area contributed by atoms with Crippen molar-refractivity contribution in [1.82, 2.24) is 4.90 Å². The van der Waals surface area contributed by atoms with E-state index in [1.807, 2.05) is 0 Å². The summed E-state index contributed by atoms with van der Waals surface area (Å²) < 4.78 is 0. The minimum absolute atomic E-state index is 0.253. The third-order valence-corrected chi connectivity index (χ3v) is 9.73. The Bertz CT molecular complexity index is 585. The van der Waals surface area contributed by atoms with Crippen LogP contribution in [0.2, 0.25) is 0 Å². The monoisotopic (exact) mass is 648 g/mol. The predicted octanol–water partition coefficient (Wildman–Crippen LogP) is 14.0. The molecule has 0 saturated carbocycles. The summed E-state index contributed by atoms with van der Waals surface area (Å²) >= 11 is 0. The third-order valence-electron chi connectivity index (χ3n) is 9.73. The number of amides is 3. The molecule has 0 bridgehead atoms. The van der Waals surface area contributed by atoms with Crippen molar-refractivity contribution in [3.63, 3.8) is 0 Å². The van der Waals surface area contributed by atoms with Crippen molar-refractivity contribution >= 4 is 17.7 Å². The largest absolute Gasteiger partial charge is 0.274 e. The van der Waals surface area contributed by atoms with Crippen molar-refractivity contribution in [2.75, 3.05) is 0 Å². The number of imide groups is 3. The lowest BCUT2D eigenvalue weighted by atomic mass is 10.0. The number of carbonyl (C=O) groups excluding carboxylic acids is 3. The zero-order valence-corrected chi connectivity index (χ0v) is 31.6. The molecule has 4 nitrogen and oxygen atoms in total. The van der Waals surface area contributed by atoms with E-state index in [1.54, 1.807) is 0 Å². The summed E-state index contributed by atoms with van der Waals surface area (Å²) in [5, 5.41) is 0. The molecule has 0 saturated heterocycles. The zero-order valence-electron chi connectivity index (χ0n) is 31.6. The molecule has 0 aromatic carbocycles. The number of rotatable bonds is 36. The van der Waals surface area contributed by atoms with Crippen LogP contribution in [-0.4, -0.2) is 22.6 Å². The van der Waals surface area contributed by atoms with Gasteiger partial charge in [-0.2, -0.15) is 0 Å². The molecule has 0 aromatic rings. The quantitative estimate of drug-likeness (QED) is 0.0636. The molecule has 0 fully saturated rings. The first-order chi connectivity index (χ1) is 22.6. The van der Waals surface area contributed by atoms with Gasteiger partial charge in [-0.05, 0) is 19.3 Å². The summed E-state index contributed by atoms with van der Waals surface area (Å²) in [4.78, 5) is 40.6. The Kier molecular flexibility index (Phi) is 35.7. The van der Waals surface area contributed by atoms with E-state index in [4.69, 9.17) is 0 Å². The highest BCUT2D eigenvalue weighted by atomic mass is 16.2. The Hall–Kier alpha value is -1.19. The SMILES string of the molecule is CCCCCCCCCCCCCC(=O)N(C(=O)CCCCCCCCCCCCC)C(=O)CCCCCCCCCCCCC. The van der Waals surface area contributed by atoms with Crippen LogP contribution < -0.4 is 0 Å². The van der Waals surface area contributed by atoms with Gasteiger partial charge in [-0.15, -0.1) is 0 Å². The first kappa shape index (κ1) is 44.8. The average molecular weight is 648 g/mol. The highest BCUT2D eigenvalue weighted by molar-refractivity contribution is 6.10. The Morgan fingerprint density at radius 1 is 0.261 bits per heavy atom. The number of hydrogen-bond donors (Lipinski definition) is 0. The molecule has 0 N–H and O–H groups in total. The maximum Gasteiger partial charge on any atom is 0.236 e. The van der Waals surface area contributed by atoms with Gasteiger partial charge in [-0.3, -0.25) is 14.4 Å². The molecular weight excluding hydrogens is 566 g/mol. The van der Waals surface area contributed by atoms with Gasteiger partial charge in [-0.1, -0.05) is 213 Å². The normalized spacial score (nSPS) is 11.3. The van der Waals surface area contributed by atoms with Crippen LogP contribution in [0.4, 0.5) is 0 Å². The van der Waals surface area contributed by atoms with Crippen LogP contribution in [0.1, 0.15) is 252 Å². The minimum atomic E-state index is -0.253. The van der Waals surface area contributed by atoms with Gasteiger partial charge in [0, 0.05) is 19.3 Å². The summed E-state index contributed by atoms with van der Waals surface area (Å²) in [5.74, 6) is -0.758. The summed E-state index contributed by atoms with van der Waals surface area (Å²) in [7, 11) is 0. The van der Waals surface area contributed by atoms with E-state index in [9.17, 15) is 14.4 Å². The fourth-order valence-corrected chi connectivity index (χ4v) is 6.57. The van der Waals surface area contributed by atoms with Gasteiger partial charge < -0.3 is 0 Å². The summed E-state index contributed by atoms with van der Waals surface area (Å²) in [5.41, 5.74) is 0. The summed E-state index contributed by atoms with van der Waals surface area (Å²) in [6.07, 6.45) is 41.4. The van der Waals surface area contributed by atoms with Gasteiger partial charge >= 0.3 is 0 Å². The van der Waals surface area contributed by atoms with Crippen molar-refractivity contribution < 1.29 is 14.4 Å². The molecule has 0 aliphatic carbocycles. The van der Waals surface area contributed by atoms with Crippen LogP contribution in [0.3, 0.4) is 0 Å². The Balaban J connectivity index is 4.40. The molecule has 0 spiro atoms. The molecule has 0 atom stereocenters. The van der Waals surface area contributed by atoms with E-state index < -0.39 is 0 Å². The van der Waals surface area contributed by atoms with Gasteiger partial charge in [-0.25, -0.2) is 4.90 Å². The standard InChI is InChI=1S/C42H81NO3/c1-4-7-10-13-16-19-22-25-28-31-34-37-40(44)43(41(45)38-35-32-29-26-23-20-17-14-11-8-5-2)42(46)39-36-33-30-27-24-21-18-15-12-9-6-3/h4-39H2,1-3H3.